The van der Waals surface area contributed by atoms with Gasteiger partial charge in [-0.05, 0) is 31.5 Å². The number of carbonyl (C=O) groups excluding carboxylic acids is 1. The largest absolute Gasteiger partial charge is 0.385 e. The Bertz CT molecular complexity index is 1070. The third-order valence-corrected chi connectivity index (χ3v) is 4.41. The molecule has 0 aliphatic rings. The summed E-state index contributed by atoms with van der Waals surface area (Å²) < 4.78 is 8.34. The van der Waals surface area contributed by atoms with Gasteiger partial charge in [0.05, 0.1) is 6.54 Å². The molecule has 0 saturated carbocycles. The van der Waals surface area contributed by atoms with Crippen LogP contribution in [-0.2, 0) is 11.3 Å². The molecule has 0 bridgehead atoms. The van der Waals surface area contributed by atoms with Crippen LogP contribution in [0.3, 0.4) is 0 Å². The van der Waals surface area contributed by atoms with E-state index in [1.165, 1.54) is 10.5 Å². The highest BCUT2D eigenvalue weighted by molar-refractivity contribution is 6.00. The summed E-state index contributed by atoms with van der Waals surface area (Å²) in [6, 6.07) is 5.23. The lowest BCUT2D eigenvalue weighted by Crippen LogP contribution is -2.43. The van der Waals surface area contributed by atoms with Crippen molar-refractivity contribution in [2.24, 2.45) is 0 Å². The summed E-state index contributed by atoms with van der Waals surface area (Å²) in [5, 5.41) is 3.09. The molecule has 0 aromatic carbocycles. The van der Waals surface area contributed by atoms with Gasteiger partial charge in [0.15, 0.2) is 0 Å². The van der Waals surface area contributed by atoms with Crippen LogP contribution in [0.5, 0.6) is 0 Å². The van der Waals surface area contributed by atoms with Gasteiger partial charge in [-0.15, -0.1) is 0 Å². The molecule has 0 fully saturated rings. The molecule has 3 aromatic rings. The standard InChI is InChI=1S/C19H23N5O3/c1-4-21-18(25)13-10-14-17(23(16(13)20)8-5-9-27-3)22-15-7-6-12(2)11-24(15)19(14)26/h6-7,10-11,20H,4-5,8-9H2,1-3H3,(H,21,25)/p+1. The maximum absolute atomic E-state index is 13.1. The van der Waals surface area contributed by atoms with Gasteiger partial charge in [-0.3, -0.25) is 14.0 Å². The van der Waals surface area contributed by atoms with Crippen LogP contribution in [0.25, 0.3) is 16.7 Å². The lowest BCUT2D eigenvalue weighted by molar-refractivity contribution is -0.659. The number of pyridine rings is 2. The van der Waals surface area contributed by atoms with Crippen molar-refractivity contribution in [2.45, 2.75) is 26.8 Å². The Kier molecular flexibility index (Phi) is 5.36. The number of amides is 1. The Morgan fingerprint density at radius 3 is 2.89 bits per heavy atom. The molecule has 3 aromatic heterocycles. The van der Waals surface area contributed by atoms with Gasteiger partial charge in [0.25, 0.3) is 17.1 Å². The van der Waals surface area contributed by atoms with Gasteiger partial charge in [0.2, 0.25) is 11.5 Å². The number of nitrogens with two attached hydrogens (primary N) is 1. The third kappa shape index (κ3) is 3.48. The smallest absolute Gasteiger partial charge is 0.278 e. The van der Waals surface area contributed by atoms with E-state index >= 15 is 0 Å². The van der Waals surface area contributed by atoms with Gasteiger partial charge >= 0.3 is 0 Å². The first-order chi connectivity index (χ1) is 13.0. The molecule has 3 N–H and O–H groups in total. The van der Waals surface area contributed by atoms with E-state index < -0.39 is 0 Å². The van der Waals surface area contributed by atoms with E-state index in [4.69, 9.17) is 10.5 Å². The summed E-state index contributed by atoms with van der Waals surface area (Å²) >= 11 is 0. The summed E-state index contributed by atoms with van der Waals surface area (Å²) in [7, 11) is 1.62. The molecule has 8 nitrogen and oxygen atoms in total. The van der Waals surface area contributed by atoms with Gasteiger partial charge in [-0.25, -0.2) is 4.57 Å². The van der Waals surface area contributed by atoms with Crippen molar-refractivity contribution in [2.75, 3.05) is 26.0 Å². The molecule has 1 amide bonds. The number of anilines is 1. The number of aryl methyl sites for hydroxylation is 2. The number of nitrogen functional groups attached to an aromatic ring is 1. The number of carbonyl (C=O) groups is 1. The average molecular weight is 370 g/mol. The molecule has 3 rings (SSSR count). The molecular formula is C19H24N5O3+. The lowest BCUT2D eigenvalue weighted by Gasteiger charge is -2.12. The van der Waals surface area contributed by atoms with Crippen LogP contribution >= 0.6 is 0 Å². The molecule has 0 aliphatic heterocycles. The zero-order valence-corrected chi connectivity index (χ0v) is 15.8. The maximum atomic E-state index is 13.1. The van der Waals surface area contributed by atoms with Crippen LogP contribution in [0.15, 0.2) is 29.2 Å². The zero-order chi connectivity index (χ0) is 19.6. The van der Waals surface area contributed by atoms with E-state index in [2.05, 4.69) is 10.3 Å². The normalized spacial score (nSPS) is 11.2. The van der Waals surface area contributed by atoms with Crippen LogP contribution < -0.4 is 21.2 Å². The quantitative estimate of drug-likeness (QED) is 0.380. The molecule has 0 radical (unpaired) electrons. The van der Waals surface area contributed by atoms with Gasteiger partial charge in [-0.1, -0.05) is 11.1 Å². The van der Waals surface area contributed by atoms with E-state index in [-0.39, 0.29) is 22.8 Å². The van der Waals surface area contributed by atoms with Gasteiger partial charge in [0.1, 0.15) is 10.9 Å². The average Bonchev–Trinajstić information content (AvgIpc) is 2.64. The first kappa shape index (κ1) is 18.8. The van der Waals surface area contributed by atoms with Gasteiger partial charge in [-0.2, -0.15) is 0 Å². The minimum absolute atomic E-state index is 0.232. The van der Waals surface area contributed by atoms with Crippen molar-refractivity contribution in [1.82, 2.24) is 14.7 Å². The van der Waals surface area contributed by atoms with E-state index in [0.29, 0.717) is 42.8 Å². The van der Waals surface area contributed by atoms with Crippen molar-refractivity contribution in [3.8, 4) is 0 Å². The molecule has 142 valence electrons. The number of hydrogen-bond donors (Lipinski definition) is 2. The van der Waals surface area contributed by atoms with E-state index in [1.807, 2.05) is 19.9 Å². The number of ether oxygens (including phenoxy) is 1. The number of methoxy groups -OCH3 is 1. The second-order valence-corrected chi connectivity index (χ2v) is 6.39. The number of hydrogen-bond acceptors (Lipinski definition) is 5. The van der Waals surface area contributed by atoms with Crippen molar-refractivity contribution < 1.29 is 14.1 Å². The van der Waals surface area contributed by atoms with Gasteiger partial charge in [0, 0.05) is 32.9 Å². The number of rotatable bonds is 6. The Labute approximate surface area is 156 Å². The fraction of sp³-hybridized carbons (Fsp3) is 0.368. The highest BCUT2D eigenvalue weighted by atomic mass is 16.5. The fourth-order valence-corrected chi connectivity index (χ4v) is 3.09. The highest BCUT2D eigenvalue weighted by Crippen LogP contribution is 2.15. The summed E-state index contributed by atoms with van der Waals surface area (Å²) in [6.07, 6.45) is 2.41. The summed E-state index contributed by atoms with van der Waals surface area (Å²) in [5.41, 5.74) is 8.27. The fourth-order valence-electron chi connectivity index (χ4n) is 3.09. The maximum Gasteiger partial charge on any atom is 0.278 e. The minimum atomic E-state index is -0.314. The zero-order valence-electron chi connectivity index (χ0n) is 15.8. The second kappa shape index (κ2) is 7.71. The number of nitrogens with zero attached hydrogens (tertiary/aromatic N) is 3. The van der Waals surface area contributed by atoms with E-state index in [0.717, 1.165) is 5.56 Å². The lowest BCUT2D eigenvalue weighted by atomic mass is 10.1. The van der Waals surface area contributed by atoms with Gasteiger partial charge < -0.3 is 15.8 Å². The van der Waals surface area contributed by atoms with Crippen molar-refractivity contribution in [3.05, 3.63) is 45.9 Å². The number of nitrogens with one attached hydrogen (secondary N) is 1. The second-order valence-electron chi connectivity index (χ2n) is 6.39. The molecule has 0 saturated heterocycles. The van der Waals surface area contributed by atoms with Crippen LogP contribution in [0.1, 0.15) is 29.3 Å². The van der Waals surface area contributed by atoms with Crippen molar-refractivity contribution in [3.63, 3.8) is 0 Å². The Balaban J connectivity index is 2.34. The molecule has 0 atom stereocenters. The van der Waals surface area contributed by atoms with E-state index in [9.17, 15) is 9.59 Å². The molecule has 0 unspecified atom stereocenters. The summed E-state index contributed by atoms with van der Waals surface area (Å²) in [4.78, 5) is 30.2. The summed E-state index contributed by atoms with van der Waals surface area (Å²) in [6.45, 7) is 5.22. The molecular weight excluding hydrogens is 346 g/mol. The number of aromatic nitrogens is 3. The van der Waals surface area contributed by atoms with E-state index in [1.54, 1.807) is 23.9 Å². The first-order valence-electron chi connectivity index (χ1n) is 8.90. The number of fused-ring (bicyclic) bond motifs is 2. The Morgan fingerprint density at radius 1 is 1.41 bits per heavy atom. The topological polar surface area (TPSA) is 103 Å². The highest BCUT2D eigenvalue weighted by Gasteiger charge is 2.24. The molecule has 0 spiro atoms. The van der Waals surface area contributed by atoms with Crippen LogP contribution in [0, 0.1) is 6.92 Å². The molecule has 8 heteroatoms. The molecule has 3 heterocycles. The monoisotopic (exact) mass is 370 g/mol. The predicted molar refractivity (Wildman–Crippen MR) is 103 cm³/mol. The minimum Gasteiger partial charge on any atom is -0.385 e. The SMILES string of the molecule is CCNC(=O)c1cc2c(=O)n3cc(C)ccc3nc2[n+](CCCOC)c1N. The summed E-state index contributed by atoms with van der Waals surface area (Å²) in [5.74, 6) is -0.0287. The first-order valence-corrected chi connectivity index (χ1v) is 8.90. The Hall–Kier alpha value is -3.00. The molecule has 27 heavy (non-hydrogen) atoms. The predicted octanol–water partition coefficient (Wildman–Crippen LogP) is 0.812. The van der Waals surface area contributed by atoms with Crippen molar-refractivity contribution >= 4 is 28.4 Å². The van der Waals surface area contributed by atoms with Crippen molar-refractivity contribution in [1.29, 1.82) is 0 Å². The molecule has 0 aliphatic carbocycles. The van der Waals surface area contributed by atoms with Crippen LogP contribution in [-0.4, -0.2) is 35.6 Å². The third-order valence-electron chi connectivity index (χ3n) is 4.41. The van der Waals surface area contributed by atoms with Crippen LogP contribution in [0.4, 0.5) is 5.82 Å². The van der Waals surface area contributed by atoms with Crippen LogP contribution in [0.2, 0.25) is 0 Å². The Morgan fingerprint density at radius 2 is 2.19 bits per heavy atom.